The zero-order valence-electron chi connectivity index (χ0n) is 11.0. The first kappa shape index (κ1) is 15.8. The molecule has 1 unspecified atom stereocenters. The van der Waals surface area contributed by atoms with Crippen molar-refractivity contribution in [1.82, 2.24) is 5.43 Å². The molecule has 0 heterocycles. The minimum Gasteiger partial charge on any atom is -0.271 e. The fraction of sp³-hybridized carbons (Fsp3) is 0.200. The Morgan fingerprint density at radius 1 is 1.20 bits per heavy atom. The van der Waals surface area contributed by atoms with E-state index in [1.807, 2.05) is 18.2 Å². The van der Waals surface area contributed by atoms with Crippen LogP contribution in [0.1, 0.15) is 22.7 Å². The van der Waals surface area contributed by atoms with Gasteiger partial charge in [-0.25, -0.2) is 0 Å². The summed E-state index contributed by atoms with van der Waals surface area (Å²) >= 11 is 15.8. The second-order valence-electron chi connectivity index (χ2n) is 4.68. The smallest absolute Gasteiger partial charge is 0.0512 e. The monoisotopic (exact) mass is 372 g/mol. The molecule has 3 N–H and O–H groups in total. The van der Waals surface area contributed by atoms with Gasteiger partial charge in [-0.1, -0.05) is 56.8 Å². The maximum atomic E-state index is 6.22. The fourth-order valence-corrected chi connectivity index (χ4v) is 3.02. The summed E-state index contributed by atoms with van der Waals surface area (Å²) in [6, 6.07) is 11.6. The largest absolute Gasteiger partial charge is 0.271 e. The average Bonchev–Trinajstić information content (AvgIpc) is 2.42. The molecule has 0 saturated heterocycles. The van der Waals surface area contributed by atoms with Crippen LogP contribution in [-0.2, 0) is 6.42 Å². The third-order valence-corrected chi connectivity index (χ3v) is 4.49. The van der Waals surface area contributed by atoms with E-state index in [-0.39, 0.29) is 6.04 Å². The molecular formula is C15H15BrCl2N2. The highest BCUT2D eigenvalue weighted by molar-refractivity contribution is 9.10. The second-order valence-corrected chi connectivity index (χ2v) is 6.38. The highest BCUT2D eigenvalue weighted by atomic mass is 79.9. The molecule has 20 heavy (non-hydrogen) atoms. The SMILES string of the molecule is Cc1ccc(Br)c(C(Cc2cc(Cl)ccc2Cl)NN)c1. The van der Waals surface area contributed by atoms with E-state index in [1.165, 1.54) is 5.56 Å². The summed E-state index contributed by atoms with van der Waals surface area (Å²) in [5.41, 5.74) is 6.10. The number of nitrogens with one attached hydrogen (secondary N) is 1. The molecule has 0 aromatic heterocycles. The van der Waals surface area contributed by atoms with Gasteiger partial charge in [0.05, 0.1) is 6.04 Å². The van der Waals surface area contributed by atoms with Crippen LogP contribution in [0, 0.1) is 6.92 Å². The van der Waals surface area contributed by atoms with E-state index in [0.717, 1.165) is 15.6 Å². The van der Waals surface area contributed by atoms with E-state index in [1.54, 1.807) is 12.1 Å². The first-order valence-electron chi connectivity index (χ1n) is 6.17. The van der Waals surface area contributed by atoms with Crippen LogP contribution in [0.3, 0.4) is 0 Å². The Morgan fingerprint density at radius 3 is 2.65 bits per heavy atom. The molecular weight excluding hydrogens is 359 g/mol. The Bertz CT molecular complexity index is 617. The summed E-state index contributed by atoms with van der Waals surface area (Å²) in [4.78, 5) is 0. The van der Waals surface area contributed by atoms with E-state index in [4.69, 9.17) is 29.0 Å². The number of hydrogen-bond acceptors (Lipinski definition) is 2. The quantitative estimate of drug-likeness (QED) is 0.596. The van der Waals surface area contributed by atoms with Crippen LogP contribution < -0.4 is 11.3 Å². The van der Waals surface area contributed by atoms with Crippen LogP contribution in [0.2, 0.25) is 10.0 Å². The molecule has 5 heteroatoms. The summed E-state index contributed by atoms with van der Waals surface area (Å²) in [6.45, 7) is 2.05. The van der Waals surface area contributed by atoms with Gasteiger partial charge in [-0.15, -0.1) is 0 Å². The lowest BCUT2D eigenvalue weighted by atomic mass is 9.98. The van der Waals surface area contributed by atoms with Crippen molar-refractivity contribution in [2.75, 3.05) is 0 Å². The van der Waals surface area contributed by atoms with Gasteiger partial charge in [0.1, 0.15) is 0 Å². The maximum Gasteiger partial charge on any atom is 0.0512 e. The van der Waals surface area contributed by atoms with Gasteiger partial charge >= 0.3 is 0 Å². The van der Waals surface area contributed by atoms with Gasteiger partial charge in [0, 0.05) is 14.5 Å². The van der Waals surface area contributed by atoms with Crippen molar-refractivity contribution in [2.24, 2.45) is 5.84 Å². The first-order valence-corrected chi connectivity index (χ1v) is 7.72. The van der Waals surface area contributed by atoms with Crippen LogP contribution in [0.5, 0.6) is 0 Å². The standard InChI is InChI=1S/C15H15BrCl2N2/c1-9-2-4-13(16)12(6-9)15(20-19)8-10-7-11(17)3-5-14(10)18/h2-7,15,20H,8,19H2,1H3. The van der Waals surface area contributed by atoms with Crippen molar-refractivity contribution in [3.05, 3.63) is 67.6 Å². The van der Waals surface area contributed by atoms with Gasteiger partial charge in [-0.3, -0.25) is 11.3 Å². The molecule has 2 aromatic rings. The third-order valence-electron chi connectivity index (χ3n) is 3.16. The highest BCUT2D eigenvalue weighted by Gasteiger charge is 2.16. The average molecular weight is 374 g/mol. The second kappa shape index (κ2) is 6.92. The van der Waals surface area contributed by atoms with Gasteiger partial charge in [0.2, 0.25) is 0 Å². The number of halogens is 3. The number of nitrogens with two attached hydrogens (primary N) is 1. The van der Waals surface area contributed by atoms with Crippen molar-refractivity contribution in [2.45, 2.75) is 19.4 Å². The number of hydrogen-bond donors (Lipinski definition) is 2. The van der Waals surface area contributed by atoms with E-state index in [0.29, 0.717) is 16.5 Å². The maximum absolute atomic E-state index is 6.22. The number of hydrazine groups is 1. The Kier molecular flexibility index (Phi) is 5.47. The zero-order chi connectivity index (χ0) is 14.7. The van der Waals surface area contributed by atoms with Crippen molar-refractivity contribution < 1.29 is 0 Å². The van der Waals surface area contributed by atoms with Crippen molar-refractivity contribution in [1.29, 1.82) is 0 Å². The predicted octanol–water partition coefficient (Wildman–Crippen LogP) is 4.81. The van der Waals surface area contributed by atoms with Crippen LogP contribution >= 0.6 is 39.1 Å². The molecule has 0 amide bonds. The van der Waals surface area contributed by atoms with Gasteiger partial charge in [0.15, 0.2) is 0 Å². The summed E-state index contributed by atoms with van der Waals surface area (Å²) in [6.07, 6.45) is 0.665. The van der Waals surface area contributed by atoms with Crippen LogP contribution in [0.25, 0.3) is 0 Å². The van der Waals surface area contributed by atoms with Crippen molar-refractivity contribution in [3.8, 4) is 0 Å². The Labute approximate surface area is 137 Å². The lowest BCUT2D eigenvalue weighted by Gasteiger charge is -2.19. The minimum atomic E-state index is -0.0414. The number of rotatable bonds is 4. The molecule has 0 aliphatic heterocycles. The third kappa shape index (κ3) is 3.74. The molecule has 2 aromatic carbocycles. The van der Waals surface area contributed by atoms with Gasteiger partial charge < -0.3 is 0 Å². The summed E-state index contributed by atoms with van der Waals surface area (Å²) in [5.74, 6) is 5.71. The van der Waals surface area contributed by atoms with E-state index in [9.17, 15) is 0 Å². The van der Waals surface area contributed by atoms with Crippen LogP contribution in [0.15, 0.2) is 40.9 Å². The lowest BCUT2D eigenvalue weighted by Crippen LogP contribution is -2.30. The van der Waals surface area contributed by atoms with E-state index < -0.39 is 0 Å². The summed E-state index contributed by atoms with van der Waals surface area (Å²) in [5, 5.41) is 1.36. The van der Waals surface area contributed by atoms with E-state index in [2.05, 4.69) is 34.3 Å². The van der Waals surface area contributed by atoms with Crippen molar-refractivity contribution >= 4 is 39.1 Å². The van der Waals surface area contributed by atoms with Crippen LogP contribution in [-0.4, -0.2) is 0 Å². The first-order chi connectivity index (χ1) is 9.51. The molecule has 1 atom stereocenters. The molecule has 0 radical (unpaired) electrons. The molecule has 0 aliphatic carbocycles. The Hall–Kier alpha value is -0.580. The topological polar surface area (TPSA) is 38.0 Å². The summed E-state index contributed by atoms with van der Waals surface area (Å²) in [7, 11) is 0. The summed E-state index contributed by atoms with van der Waals surface area (Å²) < 4.78 is 1.02. The highest BCUT2D eigenvalue weighted by Crippen LogP contribution is 2.30. The van der Waals surface area contributed by atoms with Gasteiger partial charge in [0.25, 0.3) is 0 Å². The predicted molar refractivity (Wildman–Crippen MR) is 89.1 cm³/mol. The van der Waals surface area contributed by atoms with Gasteiger partial charge in [-0.2, -0.15) is 0 Å². The number of benzene rings is 2. The molecule has 0 bridgehead atoms. The Balaban J connectivity index is 2.33. The fourth-order valence-electron chi connectivity index (χ4n) is 2.11. The Morgan fingerprint density at radius 2 is 1.95 bits per heavy atom. The molecule has 106 valence electrons. The molecule has 0 spiro atoms. The molecule has 2 nitrogen and oxygen atoms in total. The zero-order valence-corrected chi connectivity index (χ0v) is 14.1. The molecule has 0 fully saturated rings. The molecule has 0 saturated carbocycles. The van der Waals surface area contributed by atoms with Gasteiger partial charge in [-0.05, 0) is 48.7 Å². The normalized spacial score (nSPS) is 12.4. The molecule has 2 rings (SSSR count). The van der Waals surface area contributed by atoms with Crippen molar-refractivity contribution in [3.63, 3.8) is 0 Å². The molecule has 0 aliphatic rings. The lowest BCUT2D eigenvalue weighted by molar-refractivity contribution is 0.550. The van der Waals surface area contributed by atoms with Crippen LogP contribution in [0.4, 0.5) is 0 Å². The minimum absolute atomic E-state index is 0.0414. The van der Waals surface area contributed by atoms with E-state index >= 15 is 0 Å². The number of aryl methyl sites for hydroxylation is 1.